The second-order valence-corrected chi connectivity index (χ2v) is 8.21. The summed E-state index contributed by atoms with van der Waals surface area (Å²) in [5.41, 5.74) is 3.85. The SMILES string of the molecule is CN1c2ccc(Cl)cc2C(C)(C)C12C=Cc1c(n(C)c3ccccc13)O2. The van der Waals surface area contributed by atoms with Crippen molar-refractivity contribution in [2.45, 2.75) is 25.0 Å². The molecule has 1 unspecified atom stereocenters. The Kier molecular flexibility index (Phi) is 2.96. The molecule has 26 heavy (non-hydrogen) atoms. The van der Waals surface area contributed by atoms with Gasteiger partial charge in [0.2, 0.25) is 11.6 Å². The lowest BCUT2D eigenvalue weighted by atomic mass is 9.76. The van der Waals surface area contributed by atoms with E-state index in [1.54, 1.807) is 0 Å². The lowest BCUT2D eigenvalue weighted by molar-refractivity contribution is 0.0507. The number of aryl methyl sites for hydroxylation is 1. The molecule has 0 amide bonds. The van der Waals surface area contributed by atoms with Crippen LogP contribution in [-0.2, 0) is 12.5 Å². The zero-order valence-electron chi connectivity index (χ0n) is 15.4. The molecular formula is C22H21ClN2O. The molecule has 2 aliphatic rings. The van der Waals surface area contributed by atoms with Gasteiger partial charge >= 0.3 is 0 Å². The highest BCUT2D eigenvalue weighted by atomic mass is 35.5. The molecule has 1 spiro atoms. The van der Waals surface area contributed by atoms with E-state index >= 15 is 0 Å². The number of para-hydroxylation sites is 1. The first-order chi connectivity index (χ1) is 12.4. The predicted octanol–water partition coefficient (Wildman–Crippen LogP) is 5.36. The van der Waals surface area contributed by atoms with Gasteiger partial charge in [0.05, 0.1) is 10.9 Å². The number of aromatic nitrogens is 1. The smallest absolute Gasteiger partial charge is 0.213 e. The van der Waals surface area contributed by atoms with Crippen molar-refractivity contribution in [3.05, 3.63) is 64.7 Å². The van der Waals surface area contributed by atoms with Crippen molar-refractivity contribution >= 4 is 34.3 Å². The predicted molar refractivity (Wildman–Crippen MR) is 108 cm³/mol. The highest BCUT2D eigenvalue weighted by Gasteiger charge is 2.58. The van der Waals surface area contributed by atoms with E-state index in [2.05, 4.69) is 86.0 Å². The van der Waals surface area contributed by atoms with Gasteiger partial charge in [-0.1, -0.05) is 29.8 Å². The van der Waals surface area contributed by atoms with Gasteiger partial charge in [0.25, 0.3) is 0 Å². The lowest BCUT2D eigenvalue weighted by Gasteiger charge is -2.45. The van der Waals surface area contributed by atoms with Crippen molar-refractivity contribution < 1.29 is 4.74 Å². The van der Waals surface area contributed by atoms with Gasteiger partial charge in [-0.3, -0.25) is 0 Å². The maximum absolute atomic E-state index is 6.81. The maximum atomic E-state index is 6.81. The number of nitrogens with zero attached hydrogens (tertiary/aromatic N) is 2. The van der Waals surface area contributed by atoms with Gasteiger partial charge in [-0.05, 0) is 55.8 Å². The molecule has 0 bridgehead atoms. The quantitative estimate of drug-likeness (QED) is 0.534. The average molecular weight is 365 g/mol. The maximum Gasteiger partial charge on any atom is 0.213 e. The fourth-order valence-corrected chi connectivity index (χ4v) is 4.84. The molecule has 132 valence electrons. The lowest BCUT2D eigenvalue weighted by Crippen LogP contribution is -2.58. The molecule has 3 aromatic rings. The Balaban J connectivity index is 1.74. The molecule has 0 saturated carbocycles. The topological polar surface area (TPSA) is 17.4 Å². The van der Waals surface area contributed by atoms with Crippen LogP contribution in [0.4, 0.5) is 5.69 Å². The number of ether oxygens (including phenoxy) is 1. The van der Waals surface area contributed by atoms with Crippen LogP contribution in [-0.4, -0.2) is 17.3 Å². The Labute approximate surface area is 158 Å². The minimum absolute atomic E-state index is 0.257. The molecule has 0 N–H and O–H groups in total. The van der Waals surface area contributed by atoms with E-state index < -0.39 is 5.72 Å². The largest absolute Gasteiger partial charge is 0.447 e. The Morgan fingerprint density at radius 1 is 1.04 bits per heavy atom. The summed E-state index contributed by atoms with van der Waals surface area (Å²) in [7, 11) is 4.17. The summed E-state index contributed by atoms with van der Waals surface area (Å²) in [5.74, 6) is 0.910. The fraction of sp³-hybridized carbons (Fsp3) is 0.273. The minimum Gasteiger partial charge on any atom is -0.447 e. The normalized spacial score (nSPS) is 22.6. The van der Waals surface area contributed by atoms with E-state index in [0.717, 1.165) is 22.2 Å². The first-order valence-electron chi connectivity index (χ1n) is 8.86. The van der Waals surface area contributed by atoms with Crippen LogP contribution in [0, 0.1) is 0 Å². The van der Waals surface area contributed by atoms with Crippen LogP contribution >= 0.6 is 11.6 Å². The van der Waals surface area contributed by atoms with E-state index in [1.807, 2.05) is 6.07 Å². The van der Waals surface area contributed by atoms with Crippen LogP contribution in [0.2, 0.25) is 5.02 Å². The number of rotatable bonds is 0. The Bertz CT molecular complexity index is 1090. The standard InChI is InChI=1S/C22H21ClN2O/c1-21(2)17-13-14(23)9-10-19(17)25(4)22(21)12-11-16-15-7-5-6-8-18(15)24(3)20(16)26-22/h5-13H,1-4H3. The van der Waals surface area contributed by atoms with Gasteiger partial charge in [-0.25, -0.2) is 0 Å². The number of hydrogen-bond acceptors (Lipinski definition) is 2. The Morgan fingerprint density at radius 2 is 1.81 bits per heavy atom. The van der Waals surface area contributed by atoms with Crippen molar-refractivity contribution in [2.75, 3.05) is 11.9 Å². The summed E-state index contributed by atoms with van der Waals surface area (Å²) >= 11 is 6.30. The molecule has 2 aliphatic heterocycles. The molecule has 0 radical (unpaired) electrons. The summed E-state index contributed by atoms with van der Waals surface area (Å²) in [5, 5.41) is 1.97. The highest BCUT2D eigenvalue weighted by molar-refractivity contribution is 6.30. The second kappa shape index (κ2) is 4.86. The molecule has 3 heterocycles. The zero-order valence-corrected chi connectivity index (χ0v) is 16.1. The monoisotopic (exact) mass is 364 g/mol. The van der Waals surface area contributed by atoms with E-state index in [4.69, 9.17) is 16.3 Å². The summed E-state index contributed by atoms with van der Waals surface area (Å²) in [6.45, 7) is 4.45. The van der Waals surface area contributed by atoms with Crippen molar-refractivity contribution in [1.82, 2.24) is 4.57 Å². The van der Waals surface area contributed by atoms with Crippen molar-refractivity contribution in [3.63, 3.8) is 0 Å². The van der Waals surface area contributed by atoms with E-state index in [0.29, 0.717) is 0 Å². The van der Waals surface area contributed by atoms with E-state index in [9.17, 15) is 0 Å². The first-order valence-corrected chi connectivity index (χ1v) is 9.24. The van der Waals surface area contributed by atoms with Crippen LogP contribution in [0.25, 0.3) is 17.0 Å². The molecule has 0 saturated heterocycles. The molecule has 1 aromatic heterocycles. The summed E-state index contributed by atoms with van der Waals surface area (Å²) in [6, 6.07) is 14.5. The molecular weight excluding hydrogens is 344 g/mol. The average Bonchev–Trinajstić information content (AvgIpc) is 3.00. The highest BCUT2D eigenvalue weighted by Crippen LogP contribution is 2.55. The third-order valence-electron chi connectivity index (χ3n) is 6.21. The van der Waals surface area contributed by atoms with E-state index in [1.165, 1.54) is 16.5 Å². The van der Waals surface area contributed by atoms with Gasteiger partial charge < -0.3 is 14.2 Å². The first kappa shape index (κ1) is 15.8. The molecule has 2 aromatic carbocycles. The molecule has 0 aliphatic carbocycles. The Hall–Kier alpha value is -2.39. The second-order valence-electron chi connectivity index (χ2n) is 7.77. The zero-order chi connectivity index (χ0) is 18.3. The van der Waals surface area contributed by atoms with Gasteiger partial charge in [0.15, 0.2) is 0 Å². The number of hydrogen-bond donors (Lipinski definition) is 0. The van der Waals surface area contributed by atoms with Crippen molar-refractivity contribution in [2.24, 2.45) is 7.05 Å². The minimum atomic E-state index is -0.588. The van der Waals surface area contributed by atoms with Gasteiger partial charge in [-0.2, -0.15) is 0 Å². The molecule has 1 atom stereocenters. The number of likely N-dealkylation sites (N-methyl/N-ethyl adjacent to an activating group) is 1. The number of benzene rings is 2. The number of anilines is 1. The third kappa shape index (κ3) is 1.69. The number of fused-ring (bicyclic) bond motifs is 4. The molecule has 0 fully saturated rings. The van der Waals surface area contributed by atoms with Gasteiger partial charge in [0.1, 0.15) is 0 Å². The summed E-state index contributed by atoms with van der Waals surface area (Å²) < 4.78 is 8.95. The van der Waals surface area contributed by atoms with Crippen LogP contribution < -0.4 is 9.64 Å². The Morgan fingerprint density at radius 3 is 2.62 bits per heavy atom. The summed E-state index contributed by atoms with van der Waals surface area (Å²) in [6.07, 6.45) is 4.42. The third-order valence-corrected chi connectivity index (χ3v) is 6.44. The summed E-state index contributed by atoms with van der Waals surface area (Å²) in [4.78, 5) is 2.23. The molecule has 4 heteroatoms. The van der Waals surface area contributed by atoms with Crippen molar-refractivity contribution in [3.8, 4) is 5.88 Å². The van der Waals surface area contributed by atoms with Crippen LogP contribution in [0.1, 0.15) is 25.0 Å². The molecule has 5 rings (SSSR count). The number of halogens is 1. The van der Waals surface area contributed by atoms with E-state index in [-0.39, 0.29) is 5.41 Å². The molecule has 3 nitrogen and oxygen atoms in total. The van der Waals surface area contributed by atoms with Crippen LogP contribution in [0.3, 0.4) is 0 Å². The van der Waals surface area contributed by atoms with Crippen molar-refractivity contribution in [1.29, 1.82) is 0 Å². The van der Waals surface area contributed by atoms with Gasteiger partial charge in [0, 0.05) is 35.8 Å². The van der Waals surface area contributed by atoms with Gasteiger partial charge in [-0.15, -0.1) is 0 Å². The van der Waals surface area contributed by atoms with Crippen LogP contribution in [0.15, 0.2) is 48.5 Å². The van der Waals surface area contributed by atoms with Crippen LogP contribution in [0.5, 0.6) is 5.88 Å². The fourth-order valence-electron chi connectivity index (χ4n) is 4.67.